The highest BCUT2D eigenvalue weighted by molar-refractivity contribution is 9.10. The van der Waals surface area contributed by atoms with E-state index in [4.69, 9.17) is 0 Å². The second-order valence-electron chi connectivity index (χ2n) is 3.49. The van der Waals surface area contributed by atoms with Gasteiger partial charge in [0.1, 0.15) is 0 Å². The fourth-order valence-electron chi connectivity index (χ4n) is 1.38. The predicted octanol–water partition coefficient (Wildman–Crippen LogP) is 3.59. The van der Waals surface area contributed by atoms with Crippen molar-refractivity contribution in [2.75, 3.05) is 0 Å². The molecule has 0 aliphatic carbocycles. The zero-order valence-corrected chi connectivity index (χ0v) is 10.6. The van der Waals surface area contributed by atoms with Gasteiger partial charge in [-0.3, -0.25) is 0 Å². The summed E-state index contributed by atoms with van der Waals surface area (Å²) in [6, 6.07) is 5.93. The summed E-state index contributed by atoms with van der Waals surface area (Å²) in [5, 5.41) is 9.88. The Balaban J connectivity index is 2.68. The van der Waals surface area contributed by atoms with Crippen molar-refractivity contribution in [2.24, 2.45) is 0 Å². The lowest BCUT2D eigenvalue weighted by molar-refractivity contribution is 0.169. The molecule has 0 heterocycles. The van der Waals surface area contributed by atoms with Crippen LogP contribution in [0.15, 0.2) is 22.7 Å². The summed E-state index contributed by atoms with van der Waals surface area (Å²) in [6.45, 7) is 3.84. The molecule has 1 N–H and O–H groups in total. The third-order valence-electron chi connectivity index (χ3n) is 2.29. The minimum atomic E-state index is -0.405. The maximum Gasteiger partial charge on any atom is 0.0799 e. The van der Waals surface area contributed by atoms with Gasteiger partial charge in [-0.25, -0.2) is 0 Å². The molecule has 1 aromatic rings. The SMILES string of the molecule is CC#CCCC(O)c1ccc(Br)c(C)c1. The third-order valence-corrected chi connectivity index (χ3v) is 3.18. The molecule has 0 saturated heterocycles. The first-order chi connectivity index (χ1) is 7.15. The Morgan fingerprint density at radius 3 is 2.80 bits per heavy atom. The molecule has 0 bridgehead atoms. The molecule has 1 nitrogen and oxygen atoms in total. The highest BCUT2D eigenvalue weighted by atomic mass is 79.9. The topological polar surface area (TPSA) is 20.2 Å². The third kappa shape index (κ3) is 3.70. The van der Waals surface area contributed by atoms with Gasteiger partial charge in [0.2, 0.25) is 0 Å². The first kappa shape index (κ1) is 12.3. The predicted molar refractivity (Wildman–Crippen MR) is 66.5 cm³/mol. The molecule has 0 aliphatic heterocycles. The van der Waals surface area contributed by atoms with Crippen molar-refractivity contribution in [3.63, 3.8) is 0 Å². The van der Waals surface area contributed by atoms with E-state index in [-0.39, 0.29) is 0 Å². The second-order valence-corrected chi connectivity index (χ2v) is 4.34. The molecule has 1 unspecified atom stereocenters. The highest BCUT2D eigenvalue weighted by Crippen LogP contribution is 2.23. The largest absolute Gasteiger partial charge is 0.388 e. The number of aryl methyl sites for hydroxylation is 1. The molecule has 80 valence electrons. The number of aliphatic hydroxyl groups is 1. The molecule has 0 radical (unpaired) electrons. The number of benzene rings is 1. The van der Waals surface area contributed by atoms with Crippen molar-refractivity contribution in [1.29, 1.82) is 0 Å². The fraction of sp³-hybridized carbons (Fsp3) is 0.385. The monoisotopic (exact) mass is 266 g/mol. The van der Waals surface area contributed by atoms with E-state index in [2.05, 4.69) is 27.8 Å². The quantitative estimate of drug-likeness (QED) is 0.830. The molecule has 1 aromatic carbocycles. The van der Waals surface area contributed by atoms with Gasteiger partial charge >= 0.3 is 0 Å². The summed E-state index contributed by atoms with van der Waals surface area (Å²) in [6.07, 6.45) is 1.03. The smallest absolute Gasteiger partial charge is 0.0799 e. The first-order valence-corrected chi connectivity index (χ1v) is 5.78. The summed E-state index contributed by atoms with van der Waals surface area (Å²) in [5.74, 6) is 5.78. The maximum absolute atomic E-state index is 9.88. The lowest BCUT2D eigenvalue weighted by Crippen LogP contribution is -1.97. The van der Waals surface area contributed by atoms with Crippen molar-refractivity contribution in [3.05, 3.63) is 33.8 Å². The maximum atomic E-state index is 9.88. The van der Waals surface area contributed by atoms with Gasteiger partial charge < -0.3 is 5.11 Å². The Morgan fingerprint density at radius 1 is 1.47 bits per heavy atom. The van der Waals surface area contributed by atoms with E-state index in [0.29, 0.717) is 6.42 Å². The van der Waals surface area contributed by atoms with E-state index >= 15 is 0 Å². The molecular weight excluding hydrogens is 252 g/mol. The summed E-state index contributed by atoms with van der Waals surface area (Å²) in [7, 11) is 0. The van der Waals surface area contributed by atoms with Gasteiger partial charge in [0.25, 0.3) is 0 Å². The van der Waals surface area contributed by atoms with Crippen molar-refractivity contribution < 1.29 is 5.11 Å². The zero-order chi connectivity index (χ0) is 11.3. The van der Waals surface area contributed by atoms with Gasteiger partial charge in [-0.15, -0.1) is 11.8 Å². The van der Waals surface area contributed by atoms with Crippen molar-refractivity contribution >= 4 is 15.9 Å². The summed E-state index contributed by atoms with van der Waals surface area (Å²) in [4.78, 5) is 0. The molecule has 1 atom stereocenters. The Labute approximate surface area is 99.6 Å². The van der Waals surface area contributed by atoms with Crippen LogP contribution in [0.25, 0.3) is 0 Å². The molecule has 0 saturated carbocycles. The number of hydrogen-bond donors (Lipinski definition) is 1. The Bertz CT molecular complexity index is 387. The Hall–Kier alpha value is -0.780. The zero-order valence-electron chi connectivity index (χ0n) is 9.05. The van der Waals surface area contributed by atoms with Crippen LogP contribution in [0.2, 0.25) is 0 Å². The van der Waals surface area contributed by atoms with Gasteiger partial charge in [0.15, 0.2) is 0 Å². The van der Waals surface area contributed by atoms with Crippen molar-refractivity contribution in [2.45, 2.75) is 32.8 Å². The van der Waals surface area contributed by atoms with Crippen molar-refractivity contribution in [3.8, 4) is 11.8 Å². The summed E-state index contributed by atoms with van der Waals surface area (Å²) < 4.78 is 1.08. The Kier molecular flexibility index (Phi) is 4.87. The minimum absolute atomic E-state index is 0.405. The molecule has 2 heteroatoms. The molecule has 1 rings (SSSR count). The van der Waals surface area contributed by atoms with E-state index in [1.165, 1.54) is 0 Å². The van der Waals surface area contributed by atoms with E-state index in [9.17, 15) is 5.11 Å². The molecule has 0 spiro atoms. The number of halogens is 1. The van der Waals surface area contributed by atoms with Crippen LogP contribution in [0.3, 0.4) is 0 Å². The van der Waals surface area contributed by atoms with Gasteiger partial charge in [-0.05, 0) is 37.5 Å². The van der Waals surface area contributed by atoms with Crippen LogP contribution < -0.4 is 0 Å². The number of hydrogen-bond acceptors (Lipinski definition) is 1. The van der Waals surface area contributed by atoms with Gasteiger partial charge in [-0.1, -0.05) is 28.1 Å². The van der Waals surface area contributed by atoms with Crippen LogP contribution in [0.5, 0.6) is 0 Å². The highest BCUT2D eigenvalue weighted by Gasteiger charge is 2.07. The van der Waals surface area contributed by atoms with Crippen LogP contribution in [0.1, 0.15) is 37.0 Å². The van der Waals surface area contributed by atoms with Crippen LogP contribution in [0.4, 0.5) is 0 Å². The van der Waals surface area contributed by atoms with Crippen molar-refractivity contribution in [1.82, 2.24) is 0 Å². The van der Waals surface area contributed by atoms with E-state index < -0.39 is 6.10 Å². The second kappa shape index (κ2) is 5.95. The normalized spacial score (nSPS) is 11.7. The number of rotatable bonds is 3. The Morgan fingerprint density at radius 2 is 2.20 bits per heavy atom. The molecule has 0 aliphatic rings. The van der Waals surface area contributed by atoms with E-state index in [1.54, 1.807) is 0 Å². The molecular formula is C13H15BrO. The van der Waals surface area contributed by atoms with E-state index in [0.717, 1.165) is 22.0 Å². The molecule has 15 heavy (non-hydrogen) atoms. The molecule has 0 amide bonds. The van der Waals surface area contributed by atoms with Crippen LogP contribution >= 0.6 is 15.9 Å². The van der Waals surface area contributed by atoms with Gasteiger partial charge in [0.05, 0.1) is 6.10 Å². The summed E-state index contributed by atoms with van der Waals surface area (Å²) >= 11 is 3.44. The average Bonchev–Trinajstić information content (AvgIpc) is 2.22. The average molecular weight is 267 g/mol. The van der Waals surface area contributed by atoms with Crippen LogP contribution in [-0.4, -0.2) is 5.11 Å². The summed E-state index contributed by atoms with van der Waals surface area (Å²) in [5.41, 5.74) is 2.11. The van der Waals surface area contributed by atoms with E-state index in [1.807, 2.05) is 32.0 Å². The number of aliphatic hydroxyl groups excluding tert-OH is 1. The minimum Gasteiger partial charge on any atom is -0.388 e. The van der Waals surface area contributed by atoms with Crippen LogP contribution in [-0.2, 0) is 0 Å². The lowest BCUT2D eigenvalue weighted by Gasteiger charge is -2.10. The molecule has 0 fully saturated rings. The van der Waals surface area contributed by atoms with Gasteiger partial charge in [-0.2, -0.15) is 0 Å². The first-order valence-electron chi connectivity index (χ1n) is 4.99. The fourth-order valence-corrected chi connectivity index (χ4v) is 1.62. The lowest BCUT2D eigenvalue weighted by atomic mass is 10.0. The standard InChI is InChI=1S/C13H15BrO/c1-3-4-5-6-13(15)11-7-8-12(14)10(2)9-11/h7-9,13,15H,5-6H2,1-2H3. The molecule has 0 aromatic heterocycles. The van der Waals surface area contributed by atoms with Crippen LogP contribution in [0, 0.1) is 18.8 Å². The van der Waals surface area contributed by atoms with Gasteiger partial charge in [0, 0.05) is 10.9 Å².